The van der Waals surface area contributed by atoms with Crippen LogP contribution in [0, 0.1) is 0 Å². The maximum Gasteiger partial charge on any atom is 0.150 e. The molecule has 0 heterocycles. The summed E-state index contributed by atoms with van der Waals surface area (Å²) in [4.78, 5) is 0. The molecule has 0 aromatic heterocycles. The van der Waals surface area contributed by atoms with Crippen LogP contribution >= 0.6 is 11.6 Å². The SMILES string of the molecule is Nc1ccc(Oc2ccc(Cl)cc2)c(N)c1. The van der Waals surface area contributed by atoms with Crippen molar-refractivity contribution in [1.29, 1.82) is 0 Å². The van der Waals surface area contributed by atoms with Crippen molar-refractivity contribution in [1.82, 2.24) is 0 Å². The Morgan fingerprint density at radius 2 is 1.62 bits per heavy atom. The Bertz CT molecular complexity index is 497. The van der Waals surface area contributed by atoms with Gasteiger partial charge < -0.3 is 16.2 Å². The van der Waals surface area contributed by atoms with Gasteiger partial charge in [0.1, 0.15) is 11.5 Å². The Balaban J connectivity index is 2.23. The van der Waals surface area contributed by atoms with Crippen LogP contribution in [0.15, 0.2) is 42.5 Å². The average Bonchev–Trinajstić information content (AvgIpc) is 2.25. The van der Waals surface area contributed by atoms with E-state index in [0.29, 0.717) is 27.9 Å². The van der Waals surface area contributed by atoms with E-state index < -0.39 is 0 Å². The summed E-state index contributed by atoms with van der Waals surface area (Å²) in [5.41, 5.74) is 12.5. The second-order valence-electron chi connectivity index (χ2n) is 3.35. The topological polar surface area (TPSA) is 61.3 Å². The van der Waals surface area contributed by atoms with E-state index in [0.717, 1.165) is 0 Å². The first-order valence-electron chi connectivity index (χ1n) is 4.73. The molecule has 2 aromatic rings. The molecule has 0 fully saturated rings. The minimum atomic E-state index is 0.509. The summed E-state index contributed by atoms with van der Waals surface area (Å²) in [5.74, 6) is 1.26. The highest BCUT2D eigenvalue weighted by Gasteiger charge is 2.02. The Morgan fingerprint density at radius 1 is 0.938 bits per heavy atom. The third-order valence-electron chi connectivity index (χ3n) is 2.08. The summed E-state index contributed by atoms with van der Waals surface area (Å²) in [6.45, 7) is 0. The highest BCUT2D eigenvalue weighted by atomic mass is 35.5. The molecule has 0 aliphatic carbocycles. The number of nitrogen functional groups attached to an aromatic ring is 2. The number of benzene rings is 2. The van der Waals surface area contributed by atoms with Crippen molar-refractivity contribution < 1.29 is 4.74 Å². The van der Waals surface area contributed by atoms with Crippen molar-refractivity contribution in [2.24, 2.45) is 0 Å². The Hall–Kier alpha value is -1.87. The van der Waals surface area contributed by atoms with Crippen LogP contribution in [0.25, 0.3) is 0 Å². The summed E-state index contributed by atoms with van der Waals surface area (Å²) >= 11 is 5.77. The zero-order valence-electron chi connectivity index (χ0n) is 8.48. The van der Waals surface area contributed by atoms with Gasteiger partial charge in [0.15, 0.2) is 0 Å². The molecular formula is C12H11ClN2O. The summed E-state index contributed by atoms with van der Waals surface area (Å²) < 4.78 is 5.58. The molecule has 0 bridgehead atoms. The number of halogens is 1. The van der Waals surface area contributed by atoms with Crippen molar-refractivity contribution >= 4 is 23.0 Å². The Morgan fingerprint density at radius 3 is 2.25 bits per heavy atom. The van der Waals surface area contributed by atoms with Crippen LogP contribution in [0.1, 0.15) is 0 Å². The molecule has 0 saturated heterocycles. The first kappa shape index (κ1) is 10.6. The first-order valence-corrected chi connectivity index (χ1v) is 5.11. The molecule has 4 heteroatoms. The number of anilines is 2. The largest absolute Gasteiger partial charge is 0.455 e. The quantitative estimate of drug-likeness (QED) is 0.784. The monoisotopic (exact) mass is 234 g/mol. The molecule has 0 spiro atoms. The second kappa shape index (κ2) is 4.33. The highest BCUT2D eigenvalue weighted by Crippen LogP contribution is 2.29. The van der Waals surface area contributed by atoms with E-state index >= 15 is 0 Å². The normalized spacial score (nSPS) is 10.1. The third-order valence-corrected chi connectivity index (χ3v) is 2.33. The maximum atomic E-state index is 5.77. The number of hydrogen-bond donors (Lipinski definition) is 2. The van der Waals surface area contributed by atoms with Gasteiger partial charge in [0.2, 0.25) is 0 Å². The molecule has 2 rings (SSSR count). The maximum absolute atomic E-state index is 5.77. The van der Waals surface area contributed by atoms with E-state index in [1.165, 1.54) is 0 Å². The van der Waals surface area contributed by atoms with Gasteiger partial charge in [-0.05, 0) is 42.5 Å². The predicted octanol–water partition coefficient (Wildman–Crippen LogP) is 3.30. The van der Waals surface area contributed by atoms with Crippen LogP contribution in [0.2, 0.25) is 5.02 Å². The molecule has 0 aliphatic heterocycles. The van der Waals surface area contributed by atoms with Crippen LogP contribution < -0.4 is 16.2 Å². The molecule has 16 heavy (non-hydrogen) atoms. The van der Waals surface area contributed by atoms with Gasteiger partial charge in [0.25, 0.3) is 0 Å². The van der Waals surface area contributed by atoms with Crippen LogP contribution in [-0.4, -0.2) is 0 Å². The molecule has 2 aromatic carbocycles. The lowest BCUT2D eigenvalue weighted by Crippen LogP contribution is -1.94. The minimum absolute atomic E-state index is 0.509. The van der Waals surface area contributed by atoms with Crippen LogP contribution in [-0.2, 0) is 0 Å². The van der Waals surface area contributed by atoms with Gasteiger partial charge in [-0.15, -0.1) is 0 Å². The number of nitrogens with two attached hydrogens (primary N) is 2. The fourth-order valence-electron chi connectivity index (χ4n) is 1.29. The molecule has 0 atom stereocenters. The second-order valence-corrected chi connectivity index (χ2v) is 3.79. The molecule has 0 radical (unpaired) electrons. The van der Waals surface area contributed by atoms with Crippen LogP contribution in [0.5, 0.6) is 11.5 Å². The average molecular weight is 235 g/mol. The van der Waals surface area contributed by atoms with Crippen molar-refractivity contribution in [3.8, 4) is 11.5 Å². The lowest BCUT2D eigenvalue weighted by molar-refractivity contribution is 0.485. The molecular weight excluding hydrogens is 224 g/mol. The van der Waals surface area contributed by atoms with Crippen LogP contribution in [0.3, 0.4) is 0 Å². The lowest BCUT2D eigenvalue weighted by atomic mass is 10.2. The standard InChI is InChI=1S/C12H11ClN2O/c13-8-1-4-10(5-2-8)16-12-6-3-9(14)7-11(12)15/h1-7H,14-15H2. The molecule has 0 amide bonds. The van der Waals surface area contributed by atoms with Gasteiger partial charge in [-0.25, -0.2) is 0 Å². The third kappa shape index (κ3) is 2.38. The minimum Gasteiger partial charge on any atom is -0.455 e. The molecule has 0 saturated carbocycles. The zero-order chi connectivity index (χ0) is 11.5. The van der Waals surface area contributed by atoms with Crippen molar-refractivity contribution in [3.05, 3.63) is 47.5 Å². The predicted molar refractivity (Wildman–Crippen MR) is 66.8 cm³/mol. The van der Waals surface area contributed by atoms with E-state index in [9.17, 15) is 0 Å². The van der Waals surface area contributed by atoms with Gasteiger partial charge in [0, 0.05) is 10.7 Å². The van der Waals surface area contributed by atoms with Gasteiger partial charge in [0.05, 0.1) is 5.69 Å². The van der Waals surface area contributed by atoms with Crippen molar-refractivity contribution in [2.75, 3.05) is 11.5 Å². The van der Waals surface area contributed by atoms with Crippen LogP contribution in [0.4, 0.5) is 11.4 Å². The highest BCUT2D eigenvalue weighted by molar-refractivity contribution is 6.30. The molecule has 0 aliphatic rings. The Kier molecular flexibility index (Phi) is 2.88. The fourth-order valence-corrected chi connectivity index (χ4v) is 1.42. The fraction of sp³-hybridized carbons (Fsp3) is 0. The van der Waals surface area contributed by atoms with E-state index in [1.807, 2.05) is 0 Å². The van der Waals surface area contributed by atoms with Crippen molar-refractivity contribution in [2.45, 2.75) is 0 Å². The summed E-state index contributed by atoms with van der Waals surface area (Å²) in [6, 6.07) is 12.2. The van der Waals surface area contributed by atoms with Crippen molar-refractivity contribution in [3.63, 3.8) is 0 Å². The first-order chi connectivity index (χ1) is 7.65. The molecule has 3 nitrogen and oxygen atoms in total. The van der Waals surface area contributed by atoms with E-state index in [2.05, 4.69) is 0 Å². The number of rotatable bonds is 2. The van der Waals surface area contributed by atoms with E-state index in [-0.39, 0.29) is 0 Å². The van der Waals surface area contributed by atoms with E-state index in [1.54, 1.807) is 42.5 Å². The summed E-state index contributed by atoms with van der Waals surface area (Å²) in [6.07, 6.45) is 0. The van der Waals surface area contributed by atoms with Gasteiger partial charge in [-0.1, -0.05) is 11.6 Å². The molecule has 82 valence electrons. The number of ether oxygens (including phenoxy) is 1. The van der Waals surface area contributed by atoms with Gasteiger partial charge in [-0.2, -0.15) is 0 Å². The molecule has 4 N–H and O–H groups in total. The smallest absolute Gasteiger partial charge is 0.150 e. The Labute approximate surface area is 98.6 Å². The molecule has 0 unspecified atom stereocenters. The summed E-state index contributed by atoms with van der Waals surface area (Å²) in [7, 11) is 0. The lowest BCUT2D eigenvalue weighted by Gasteiger charge is -2.08. The zero-order valence-corrected chi connectivity index (χ0v) is 9.24. The summed E-state index contributed by atoms with van der Waals surface area (Å²) in [5, 5.41) is 0.664. The van der Waals surface area contributed by atoms with Gasteiger partial charge in [-0.3, -0.25) is 0 Å². The number of hydrogen-bond acceptors (Lipinski definition) is 3. The van der Waals surface area contributed by atoms with Gasteiger partial charge >= 0.3 is 0 Å². The van der Waals surface area contributed by atoms with E-state index in [4.69, 9.17) is 27.8 Å².